The number of hydrogen-bond acceptors (Lipinski definition) is 5. The molecule has 0 unspecified atom stereocenters. The Morgan fingerprint density at radius 2 is 2.26 bits per heavy atom. The molecule has 0 spiro atoms. The first-order valence-electron chi connectivity index (χ1n) is 5.51. The molecule has 0 aliphatic carbocycles. The van der Waals surface area contributed by atoms with Crippen LogP contribution in [-0.4, -0.2) is 14.9 Å². The van der Waals surface area contributed by atoms with E-state index in [0.29, 0.717) is 11.0 Å². The number of aryl methyl sites for hydroxylation is 1. The van der Waals surface area contributed by atoms with E-state index in [1.807, 2.05) is 13.0 Å². The van der Waals surface area contributed by atoms with Crippen LogP contribution in [-0.2, 0) is 6.54 Å². The van der Waals surface area contributed by atoms with Gasteiger partial charge >= 0.3 is 5.69 Å². The minimum absolute atomic E-state index is 0.0546. The van der Waals surface area contributed by atoms with Crippen LogP contribution in [0.4, 0.5) is 11.5 Å². The second-order valence-corrected chi connectivity index (χ2v) is 4.85. The van der Waals surface area contributed by atoms with Gasteiger partial charge in [-0.3, -0.25) is 15.1 Å². The normalized spacial score (nSPS) is 10.2. The van der Waals surface area contributed by atoms with Gasteiger partial charge in [0.2, 0.25) is 5.82 Å². The Balaban J connectivity index is 2.20. The largest absolute Gasteiger partial charge is 0.360 e. The van der Waals surface area contributed by atoms with Gasteiger partial charge < -0.3 is 5.32 Å². The van der Waals surface area contributed by atoms with E-state index in [1.165, 1.54) is 12.3 Å². The zero-order chi connectivity index (χ0) is 13.8. The summed E-state index contributed by atoms with van der Waals surface area (Å²) < 4.78 is 0.574. The van der Waals surface area contributed by atoms with Crippen molar-refractivity contribution in [2.24, 2.45) is 0 Å². The first kappa shape index (κ1) is 13.4. The van der Waals surface area contributed by atoms with Crippen LogP contribution in [0.1, 0.15) is 11.1 Å². The lowest BCUT2D eigenvalue weighted by Gasteiger charge is -2.08. The monoisotopic (exact) mass is 322 g/mol. The van der Waals surface area contributed by atoms with Crippen molar-refractivity contribution in [2.45, 2.75) is 13.5 Å². The molecule has 2 heterocycles. The third-order valence-electron chi connectivity index (χ3n) is 2.61. The Kier molecular flexibility index (Phi) is 4.06. The molecular formula is C12H11BrN4O2. The van der Waals surface area contributed by atoms with Crippen molar-refractivity contribution in [1.29, 1.82) is 0 Å². The smallest absolute Gasteiger partial charge is 0.312 e. The molecule has 0 saturated heterocycles. The van der Waals surface area contributed by atoms with Crippen LogP contribution in [0.25, 0.3) is 0 Å². The van der Waals surface area contributed by atoms with Crippen LogP contribution < -0.4 is 5.32 Å². The average Bonchev–Trinajstić information content (AvgIpc) is 2.38. The molecule has 7 heteroatoms. The van der Waals surface area contributed by atoms with Gasteiger partial charge in [-0.25, -0.2) is 4.98 Å². The highest BCUT2D eigenvalue weighted by molar-refractivity contribution is 9.10. The molecule has 2 aromatic rings. The van der Waals surface area contributed by atoms with Crippen LogP contribution in [0.15, 0.2) is 35.2 Å². The number of hydrogen-bond donors (Lipinski definition) is 1. The van der Waals surface area contributed by atoms with Crippen LogP contribution >= 0.6 is 15.9 Å². The maximum absolute atomic E-state index is 10.9. The minimum atomic E-state index is -0.459. The van der Waals surface area contributed by atoms with Gasteiger partial charge in [0.05, 0.1) is 4.92 Å². The molecule has 0 aromatic carbocycles. The first-order valence-corrected chi connectivity index (χ1v) is 6.30. The van der Waals surface area contributed by atoms with Crippen molar-refractivity contribution in [3.05, 3.63) is 56.4 Å². The van der Waals surface area contributed by atoms with Crippen molar-refractivity contribution >= 4 is 27.4 Å². The molecule has 0 bridgehead atoms. The van der Waals surface area contributed by atoms with E-state index in [9.17, 15) is 10.1 Å². The van der Waals surface area contributed by atoms with Crippen molar-refractivity contribution in [2.75, 3.05) is 5.32 Å². The molecule has 0 aliphatic rings. The Hall–Kier alpha value is -2.02. The molecule has 0 radical (unpaired) electrons. The fourth-order valence-corrected chi connectivity index (χ4v) is 1.90. The molecule has 2 rings (SSSR count). The number of anilines is 1. The van der Waals surface area contributed by atoms with E-state index in [0.717, 1.165) is 11.1 Å². The van der Waals surface area contributed by atoms with Gasteiger partial charge in [0.15, 0.2) is 0 Å². The van der Waals surface area contributed by atoms with Crippen LogP contribution in [0.3, 0.4) is 0 Å². The molecular weight excluding hydrogens is 312 g/mol. The summed E-state index contributed by atoms with van der Waals surface area (Å²) in [6, 6.07) is 3.29. The van der Waals surface area contributed by atoms with Crippen molar-refractivity contribution in [3.63, 3.8) is 0 Å². The SMILES string of the molecule is Cc1cnccc1CNc1ncc(Br)cc1[N+](=O)[O-]. The zero-order valence-corrected chi connectivity index (χ0v) is 11.7. The van der Waals surface area contributed by atoms with Gasteiger partial charge in [-0.2, -0.15) is 0 Å². The Morgan fingerprint density at radius 3 is 2.95 bits per heavy atom. The van der Waals surface area contributed by atoms with Crippen molar-refractivity contribution < 1.29 is 4.92 Å². The lowest BCUT2D eigenvalue weighted by molar-refractivity contribution is -0.384. The maximum atomic E-state index is 10.9. The van der Waals surface area contributed by atoms with E-state index in [-0.39, 0.29) is 11.5 Å². The molecule has 0 fully saturated rings. The Labute approximate surface area is 118 Å². The molecule has 0 atom stereocenters. The summed E-state index contributed by atoms with van der Waals surface area (Å²) in [4.78, 5) is 18.5. The predicted molar refractivity (Wildman–Crippen MR) is 74.9 cm³/mol. The van der Waals surface area contributed by atoms with E-state index < -0.39 is 4.92 Å². The summed E-state index contributed by atoms with van der Waals surface area (Å²) in [6.45, 7) is 2.40. The number of aromatic nitrogens is 2. The fraction of sp³-hybridized carbons (Fsp3) is 0.167. The van der Waals surface area contributed by atoms with Gasteiger partial charge in [0.25, 0.3) is 0 Å². The van der Waals surface area contributed by atoms with E-state index >= 15 is 0 Å². The predicted octanol–water partition coefficient (Wildman–Crippen LogP) is 3.07. The van der Waals surface area contributed by atoms with Gasteiger partial charge in [-0.05, 0) is 40.0 Å². The summed E-state index contributed by atoms with van der Waals surface area (Å²) in [6.07, 6.45) is 4.96. The van der Waals surface area contributed by atoms with Crippen molar-refractivity contribution in [1.82, 2.24) is 9.97 Å². The highest BCUT2D eigenvalue weighted by atomic mass is 79.9. The lowest BCUT2D eigenvalue weighted by Crippen LogP contribution is -2.05. The number of nitrogens with one attached hydrogen (secondary N) is 1. The van der Waals surface area contributed by atoms with Gasteiger partial charge in [-0.1, -0.05) is 0 Å². The van der Waals surface area contributed by atoms with Gasteiger partial charge in [0.1, 0.15) is 0 Å². The van der Waals surface area contributed by atoms with E-state index in [2.05, 4.69) is 31.2 Å². The number of pyridine rings is 2. The number of nitrogens with zero attached hydrogens (tertiary/aromatic N) is 3. The van der Waals surface area contributed by atoms with Gasteiger partial charge in [0, 0.05) is 35.7 Å². The Bertz CT molecular complexity index is 618. The summed E-state index contributed by atoms with van der Waals surface area (Å²) in [5.74, 6) is 0.254. The number of rotatable bonds is 4. The summed E-state index contributed by atoms with van der Waals surface area (Å²) in [5.41, 5.74) is 1.99. The molecule has 0 amide bonds. The number of halogens is 1. The van der Waals surface area contributed by atoms with Gasteiger partial charge in [-0.15, -0.1) is 0 Å². The molecule has 0 saturated carbocycles. The first-order chi connectivity index (χ1) is 9.08. The quantitative estimate of drug-likeness (QED) is 0.691. The second kappa shape index (κ2) is 5.75. The van der Waals surface area contributed by atoms with Crippen LogP contribution in [0, 0.1) is 17.0 Å². The standard InChI is InChI=1S/C12H11BrN4O2/c1-8-5-14-3-2-9(8)6-15-12-11(17(18)19)4-10(13)7-16-12/h2-5,7H,6H2,1H3,(H,15,16). The lowest BCUT2D eigenvalue weighted by atomic mass is 10.1. The third-order valence-corrected chi connectivity index (χ3v) is 3.05. The Morgan fingerprint density at radius 1 is 1.47 bits per heavy atom. The average molecular weight is 323 g/mol. The van der Waals surface area contributed by atoms with Crippen LogP contribution in [0.5, 0.6) is 0 Å². The highest BCUT2D eigenvalue weighted by Crippen LogP contribution is 2.25. The second-order valence-electron chi connectivity index (χ2n) is 3.93. The zero-order valence-electron chi connectivity index (χ0n) is 10.1. The minimum Gasteiger partial charge on any atom is -0.360 e. The molecule has 6 nitrogen and oxygen atoms in total. The summed E-state index contributed by atoms with van der Waals surface area (Å²) >= 11 is 3.17. The van der Waals surface area contributed by atoms with E-state index in [4.69, 9.17) is 0 Å². The fourth-order valence-electron chi connectivity index (χ4n) is 1.58. The molecule has 1 N–H and O–H groups in total. The molecule has 2 aromatic heterocycles. The van der Waals surface area contributed by atoms with Crippen LogP contribution in [0.2, 0.25) is 0 Å². The van der Waals surface area contributed by atoms with E-state index in [1.54, 1.807) is 12.4 Å². The summed E-state index contributed by atoms with van der Waals surface area (Å²) in [7, 11) is 0. The molecule has 19 heavy (non-hydrogen) atoms. The number of nitro groups is 1. The highest BCUT2D eigenvalue weighted by Gasteiger charge is 2.15. The summed E-state index contributed by atoms with van der Waals surface area (Å²) in [5, 5.41) is 13.9. The van der Waals surface area contributed by atoms with Crippen molar-refractivity contribution in [3.8, 4) is 0 Å². The molecule has 0 aliphatic heterocycles. The topological polar surface area (TPSA) is 81.0 Å². The molecule has 98 valence electrons. The third kappa shape index (κ3) is 3.25. The maximum Gasteiger partial charge on any atom is 0.312 e.